The van der Waals surface area contributed by atoms with Gasteiger partial charge in [0.25, 0.3) is 0 Å². The van der Waals surface area contributed by atoms with Crippen molar-refractivity contribution in [3.8, 4) is 11.1 Å². The topological polar surface area (TPSA) is 145 Å². The van der Waals surface area contributed by atoms with Gasteiger partial charge in [0.2, 0.25) is 11.8 Å². The first-order valence-electron chi connectivity index (χ1n) is 13.9. The molecule has 0 spiro atoms. The van der Waals surface area contributed by atoms with Gasteiger partial charge in [0.05, 0.1) is 18.5 Å². The Morgan fingerprint density at radius 1 is 0.725 bits per heavy atom. The van der Waals surface area contributed by atoms with Crippen molar-refractivity contribution < 1.29 is 14.4 Å². The molecule has 40 heavy (non-hydrogen) atoms. The normalized spacial score (nSPS) is 12.4. The second-order valence-electron chi connectivity index (χ2n) is 9.88. The summed E-state index contributed by atoms with van der Waals surface area (Å²) in [6.07, 6.45) is 1.72. The third kappa shape index (κ3) is 9.72. The minimum absolute atomic E-state index is 0.0668. The van der Waals surface area contributed by atoms with E-state index in [1.807, 2.05) is 60.7 Å². The first kappa shape index (κ1) is 30.7. The SMILES string of the molecule is NCCN(CCN)C(=O)C[C@H](N)C(=O)N[C@@H](CCc1ccccc1)C(=O)CCc1ccc(-c2ccccc2)cc1. The largest absolute Gasteiger partial charge is 0.345 e. The average Bonchev–Trinajstić information content (AvgIpc) is 2.99. The number of hydrogen-bond acceptors (Lipinski definition) is 6. The van der Waals surface area contributed by atoms with Crippen molar-refractivity contribution in [1.29, 1.82) is 0 Å². The van der Waals surface area contributed by atoms with Gasteiger partial charge < -0.3 is 27.4 Å². The van der Waals surface area contributed by atoms with E-state index in [1.165, 1.54) is 4.90 Å². The fourth-order valence-corrected chi connectivity index (χ4v) is 4.57. The van der Waals surface area contributed by atoms with Crippen molar-refractivity contribution in [1.82, 2.24) is 10.2 Å². The van der Waals surface area contributed by atoms with E-state index in [0.717, 1.165) is 22.3 Å². The molecule has 0 saturated heterocycles. The molecule has 8 nitrogen and oxygen atoms in total. The zero-order valence-electron chi connectivity index (χ0n) is 23.0. The van der Waals surface area contributed by atoms with Crippen LogP contribution in [0.3, 0.4) is 0 Å². The molecule has 0 bridgehead atoms. The summed E-state index contributed by atoms with van der Waals surface area (Å²) in [7, 11) is 0. The lowest BCUT2D eigenvalue weighted by atomic mass is 9.96. The molecule has 7 N–H and O–H groups in total. The molecule has 3 aromatic carbocycles. The van der Waals surface area contributed by atoms with Crippen LogP contribution in [-0.4, -0.2) is 60.8 Å². The number of amides is 2. The van der Waals surface area contributed by atoms with Crippen LogP contribution in [0.2, 0.25) is 0 Å². The van der Waals surface area contributed by atoms with Crippen LogP contribution in [0.4, 0.5) is 0 Å². The Balaban J connectivity index is 1.62. The first-order chi connectivity index (χ1) is 19.4. The predicted molar refractivity (Wildman–Crippen MR) is 159 cm³/mol. The van der Waals surface area contributed by atoms with Gasteiger partial charge >= 0.3 is 0 Å². The molecule has 3 rings (SSSR count). The molecule has 8 heteroatoms. The monoisotopic (exact) mass is 543 g/mol. The molecule has 0 aromatic heterocycles. The van der Waals surface area contributed by atoms with Crippen LogP contribution in [-0.2, 0) is 27.2 Å². The molecule has 0 unspecified atom stereocenters. The van der Waals surface area contributed by atoms with Gasteiger partial charge in [0, 0.05) is 32.6 Å². The number of nitrogens with one attached hydrogen (secondary N) is 1. The lowest BCUT2D eigenvalue weighted by Crippen LogP contribution is -2.51. The van der Waals surface area contributed by atoms with E-state index in [1.54, 1.807) is 0 Å². The number of rotatable bonds is 16. The Morgan fingerprint density at radius 3 is 1.88 bits per heavy atom. The van der Waals surface area contributed by atoms with Gasteiger partial charge in [-0.1, -0.05) is 84.9 Å². The average molecular weight is 544 g/mol. The quantitative estimate of drug-likeness (QED) is 0.218. The third-order valence-electron chi connectivity index (χ3n) is 6.87. The maximum absolute atomic E-state index is 13.3. The highest BCUT2D eigenvalue weighted by Crippen LogP contribution is 2.20. The molecule has 0 fully saturated rings. The van der Waals surface area contributed by atoms with Gasteiger partial charge in [0.1, 0.15) is 0 Å². The summed E-state index contributed by atoms with van der Waals surface area (Å²) >= 11 is 0. The fraction of sp³-hybridized carbons (Fsp3) is 0.344. The number of nitrogens with two attached hydrogens (primary N) is 3. The van der Waals surface area contributed by atoms with Crippen LogP contribution >= 0.6 is 0 Å². The standard InChI is InChI=1S/C32H41N5O3/c33-19-21-37(22-20-34)31(39)23-28(35)32(40)36-29(17-13-24-7-3-1-4-8-24)30(38)18-14-25-11-15-27(16-12-25)26-9-5-2-6-10-26/h1-12,15-16,28-29H,13-14,17-23,33-35H2,(H,36,40)/t28-,29-/m0/s1. The fourth-order valence-electron chi connectivity index (χ4n) is 4.57. The Kier molecular flexibility index (Phi) is 12.5. The van der Waals surface area contributed by atoms with Crippen LogP contribution in [0.5, 0.6) is 0 Å². The number of benzene rings is 3. The van der Waals surface area contributed by atoms with E-state index in [4.69, 9.17) is 17.2 Å². The molecule has 0 radical (unpaired) electrons. The zero-order valence-corrected chi connectivity index (χ0v) is 23.0. The molecule has 0 aliphatic carbocycles. The van der Waals surface area contributed by atoms with Crippen LogP contribution < -0.4 is 22.5 Å². The summed E-state index contributed by atoms with van der Waals surface area (Å²) in [5, 5.41) is 2.83. The Hall–Kier alpha value is -3.85. The molecule has 0 saturated carbocycles. The molecular formula is C32H41N5O3. The van der Waals surface area contributed by atoms with Crippen molar-refractivity contribution in [3.05, 3.63) is 96.1 Å². The Labute approximate surface area is 236 Å². The van der Waals surface area contributed by atoms with E-state index in [9.17, 15) is 14.4 Å². The van der Waals surface area contributed by atoms with E-state index in [-0.39, 0.29) is 37.6 Å². The van der Waals surface area contributed by atoms with Crippen LogP contribution in [0.15, 0.2) is 84.9 Å². The molecule has 0 aliphatic rings. The highest BCUT2D eigenvalue weighted by atomic mass is 16.2. The van der Waals surface area contributed by atoms with Gasteiger partial charge in [-0.05, 0) is 41.5 Å². The van der Waals surface area contributed by atoms with Gasteiger partial charge in [0.15, 0.2) is 5.78 Å². The van der Waals surface area contributed by atoms with Crippen molar-refractivity contribution in [2.75, 3.05) is 26.2 Å². The Bertz CT molecular complexity index is 1200. The van der Waals surface area contributed by atoms with Crippen LogP contribution in [0.25, 0.3) is 11.1 Å². The first-order valence-corrected chi connectivity index (χ1v) is 13.9. The maximum Gasteiger partial charge on any atom is 0.238 e. The molecular weight excluding hydrogens is 502 g/mol. The summed E-state index contributed by atoms with van der Waals surface area (Å²) in [6.45, 7) is 1.26. The highest BCUT2D eigenvalue weighted by Gasteiger charge is 2.26. The van der Waals surface area contributed by atoms with Crippen molar-refractivity contribution in [3.63, 3.8) is 0 Å². The smallest absolute Gasteiger partial charge is 0.238 e. The third-order valence-corrected chi connectivity index (χ3v) is 6.87. The van der Waals surface area contributed by atoms with Crippen molar-refractivity contribution in [2.24, 2.45) is 17.2 Å². The minimum atomic E-state index is -1.08. The second kappa shape index (κ2) is 16.3. The summed E-state index contributed by atoms with van der Waals surface area (Å²) in [4.78, 5) is 40.4. The van der Waals surface area contributed by atoms with E-state index < -0.39 is 18.0 Å². The molecule has 2 atom stereocenters. The number of hydrogen-bond donors (Lipinski definition) is 4. The summed E-state index contributed by atoms with van der Waals surface area (Å²) in [6, 6.07) is 26.3. The number of aryl methyl sites for hydroxylation is 2. The maximum atomic E-state index is 13.3. The number of Topliss-reactive ketones (excluding diaryl/α,β-unsaturated/α-hetero) is 1. The van der Waals surface area contributed by atoms with E-state index >= 15 is 0 Å². The second-order valence-corrected chi connectivity index (χ2v) is 9.88. The van der Waals surface area contributed by atoms with Crippen molar-refractivity contribution >= 4 is 17.6 Å². The summed E-state index contributed by atoms with van der Waals surface area (Å²) in [5.41, 5.74) is 21.6. The van der Waals surface area contributed by atoms with Crippen molar-refractivity contribution in [2.45, 2.75) is 44.2 Å². The summed E-state index contributed by atoms with van der Waals surface area (Å²) < 4.78 is 0. The number of ketones is 1. The van der Waals surface area contributed by atoms with Crippen LogP contribution in [0, 0.1) is 0 Å². The predicted octanol–water partition coefficient (Wildman–Crippen LogP) is 2.44. The number of carbonyl (C=O) groups excluding carboxylic acids is 3. The van der Waals surface area contributed by atoms with Gasteiger partial charge in [-0.2, -0.15) is 0 Å². The Morgan fingerprint density at radius 2 is 1.27 bits per heavy atom. The van der Waals surface area contributed by atoms with Crippen LogP contribution in [0.1, 0.15) is 30.4 Å². The van der Waals surface area contributed by atoms with E-state index in [2.05, 4.69) is 29.6 Å². The zero-order chi connectivity index (χ0) is 28.7. The van der Waals surface area contributed by atoms with Gasteiger partial charge in [-0.25, -0.2) is 0 Å². The number of nitrogens with zero attached hydrogens (tertiary/aromatic N) is 1. The number of carbonyl (C=O) groups is 3. The lowest BCUT2D eigenvalue weighted by molar-refractivity contribution is -0.135. The van der Waals surface area contributed by atoms with Gasteiger partial charge in [-0.15, -0.1) is 0 Å². The molecule has 3 aromatic rings. The molecule has 0 aliphatic heterocycles. The van der Waals surface area contributed by atoms with E-state index in [0.29, 0.717) is 32.4 Å². The molecule has 2 amide bonds. The van der Waals surface area contributed by atoms with Gasteiger partial charge in [-0.3, -0.25) is 14.4 Å². The molecule has 212 valence electrons. The highest BCUT2D eigenvalue weighted by molar-refractivity contribution is 5.93. The summed E-state index contributed by atoms with van der Waals surface area (Å²) in [5.74, 6) is -0.875. The lowest BCUT2D eigenvalue weighted by Gasteiger charge is -2.24. The minimum Gasteiger partial charge on any atom is -0.345 e. The molecule has 0 heterocycles.